The molecule has 3 aromatic heterocycles. The average Bonchev–Trinajstić information content (AvgIpc) is 3.41. The van der Waals surface area contributed by atoms with Crippen molar-refractivity contribution in [1.82, 2.24) is 15.0 Å². The third-order valence-electron chi connectivity index (χ3n) is 14.0. The molecule has 0 aliphatic heterocycles. The Morgan fingerprint density at radius 2 is 0.576 bits per heavy atom. The maximum Gasteiger partial charge on any atom is 0.0705 e. The number of fused-ring (bicyclic) bond motifs is 2. The van der Waals surface area contributed by atoms with Crippen molar-refractivity contribution >= 4 is 0 Å². The van der Waals surface area contributed by atoms with Crippen LogP contribution in [-0.4, -0.2) is 15.0 Å². The lowest BCUT2D eigenvalue weighted by molar-refractivity contribution is 0.358. The van der Waals surface area contributed by atoms with Crippen LogP contribution in [0.2, 0.25) is 0 Å². The molecule has 3 heteroatoms. The van der Waals surface area contributed by atoms with Crippen LogP contribution in [0, 0.1) is 0 Å². The maximum atomic E-state index is 5.01. The minimum absolute atomic E-state index is 0.688. The van der Waals surface area contributed by atoms with Crippen molar-refractivity contribution in [2.75, 3.05) is 0 Å². The Kier molecular flexibility index (Phi) is 10.3. The van der Waals surface area contributed by atoms with Gasteiger partial charge in [0.25, 0.3) is 0 Å². The minimum atomic E-state index is 0.688. The molecule has 314 valence electrons. The van der Waals surface area contributed by atoms with E-state index < -0.39 is 0 Å². The average molecular weight is 846 g/mol. The highest BCUT2D eigenvalue weighted by Crippen LogP contribution is 2.50. The van der Waals surface area contributed by atoms with Gasteiger partial charge in [0.15, 0.2) is 0 Å². The van der Waals surface area contributed by atoms with Crippen molar-refractivity contribution < 1.29 is 0 Å². The first-order valence-electron chi connectivity index (χ1n) is 23.3. The molecular weight excluding hydrogens is 799 g/mol. The standard InChI is InChI=1S/C63H47N3/c1-4-14-56(53(11-1)42-23-29-47(30-24-42)61-17-7-9-35-64-61)50-37-51(57-15-5-2-12-54(57)43-25-31-48(32-26-43)62-18-8-10-36-65-62)39-52(38-50)58-16-6-3-13-55(58)44-27-33-49(34-28-44)63-40-59-45-19-21-46(22-20-45)60(59)41-66-63/h1-18,23-41,45-46H,19-22H2. The lowest BCUT2D eigenvalue weighted by atomic mass is 9.67. The van der Waals surface area contributed by atoms with Gasteiger partial charge in [-0.05, 0) is 164 Å². The van der Waals surface area contributed by atoms with Crippen molar-refractivity contribution in [1.29, 1.82) is 0 Å². The number of aromatic nitrogens is 3. The molecule has 3 nitrogen and oxygen atoms in total. The highest BCUT2D eigenvalue weighted by atomic mass is 14.7. The third kappa shape index (κ3) is 7.53. The van der Waals surface area contributed by atoms with E-state index in [-0.39, 0.29) is 0 Å². The number of benzene rings is 7. The highest BCUT2D eigenvalue weighted by molar-refractivity contribution is 5.94. The summed E-state index contributed by atoms with van der Waals surface area (Å²) in [5, 5.41) is 0. The van der Waals surface area contributed by atoms with E-state index in [4.69, 9.17) is 4.98 Å². The minimum Gasteiger partial charge on any atom is -0.256 e. The van der Waals surface area contributed by atoms with Crippen molar-refractivity contribution in [2.24, 2.45) is 0 Å². The zero-order valence-corrected chi connectivity index (χ0v) is 36.7. The Bertz CT molecular complexity index is 3190. The van der Waals surface area contributed by atoms with Gasteiger partial charge in [0.1, 0.15) is 0 Å². The molecule has 3 heterocycles. The predicted molar refractivity (Wildman–Crippen MR) is 273 cm³/mol. The first-order valence-corrected chi connectivity index (χ1v) is 23.3. The Balaban J connectivity index is 0.970. The fourth-order valence-corrected chi connectivity index (χ4v) is 10.6. The monoisotopic (exact) mass is 845 g/mol. The molecule has 0 atom stereocenters. The molecule has 66 heavy (non-hydrogen) atoms. The van der Waals surface area contributed by atoms with Gasteiger partial charge in [-0.1, -0.05) is 158 Å². The van der Waals surface area contributed by atoms with E-state index in [1.807, 2.05) is 36.7 Å². The van der Waals surface area contributed by atoms with E-state index >= 15 is 0 Å². The molecule has 0 saturated heterocycles. The van der Waals surface area contributed by atoms with E-state index in [9.17, 15) is 0 Å². The smallest absolute Gasteiger partial charge is 0.0705 e. The molecule has 0 spiro atoms. The van der Waals surface area contributed by atoms with Gasteiger partial charge in [-0.3, -0.25) is 15.0 Å². The Morgan fingerprint density at radius 1 is 0.258 bits per heavy atom. The summed E-state index contributed by atoms with van der Waals surface area (Å²) in [6.07, 6.45) is 11.1. The number of rotatable bonds is 9. The molecule has 3 aliphatic rings. The van der Waals surface area contributed by atoms with E-state index in [0.717, 1.165) is 56.0 Å². The first-order chi connectivity index (χ1) is 32.7. The van der Waals surface area contributed by atoms with E-state index in [0.29, 0.717) is 11.8 Å². The number of hydrogen-bond donors (Lipinski definition) is 0. The fraction of sp³-hybridized carbons (Fsp3) is 0.0952. The third-order valence-corrected chi connectivity index (χ3v) is 14.0. The Hall–Kier alpha value is -8.01. The maximum absolute atomic E-state index is 5.01. The molecule has 0 N–H and O–H groups in total. The summed E-state index contributed by atoms with van der Waals surface area (Å²) in [4.78, 5) is 14.2. The molecule has 10 aromatic rings. The van der Waals surface area contributed by atoms with Crippen LogP contribution in [0.25, 0.3) is 101 Å². The Morgan fingerprint density at radius 3 is 0.939 bits per heavy atom. The predicted octanol–water partition coefficient (Wildman–Crippen LogP) is 16.6. The van der Waals surface area contributed by atoms with Crippen LogP contribution in [0.15, 0.2) is 225 Å². The molecule has 0 radical (unpaired) electrons. The van der Waals surface area contributed by atoms with Crippen LogP contribution in [0.3, 0.4) is 0 Å². The van der Waals surface area contributed by atoms with Crippen LogP contribution in [0.4, 0.5) is 0 Å². The molecule has 1 saturated carbocycles. The molecular formula is C63H47N3. The molecule has 0 unspecified atom stereocenters. The molecule has 3 aliphatic carbocycles. The SMILES string of the molecule is c1ccc(-c2ccc(-c3ccccc3-c3cc(-c4ccccc4-c4ccc(-c5ccccn5)cc4)cc(-c4ccccc4-c4ccc(-c5cc6c(cn5)C5CCC6CC5)cc4)c3)cc2)nc1. The van der Waals surface area contributed by atoms with Crippen molar-refractivity contribution in [3.05, 3.63) is 236 Å². The summed E-state index contributed by atoms with van der Waals surface area (Å²) in [6.45, 7) is 0. The molecule has 1 fully saturated rings. The molecule has 0 amide bonds. The Labute approximate surface area is 387 Å². The van der Waals surface area contributed by atoms with Crippen molar-refractivity contribution in [2.45, 2.75) is 37.5 Å². The fourth-order valence-electron chi connectivity index (χ4n) is 10.6. The van der Waals surface area contributed by atoms with Gasteiger partial charge >= 0.3 is 0 Å². The summed E-state index contributed by atoms with van der Waals surface area (Å²) in [5.74, 6) is 1.38. The van der Waals surface area contributed by atoms with Crippen LogP contribution < -0.4 is 0 Å². The second-order valence-corrected chi connectivity index (χ2v) is 17.8. The molecule has 2 bridgehead atoms. The number of pyridine rings is 3. The normalized spacial score (nSPS) is 15.0. The second kappa shape index (κ2) is 17.2. The van der Waals surface area contributed by atoms with Gasteiger partial charge in [0, 0.05) is 35.3 Å². The summed E-state index contributed by atoms with van der Waals surface area (Å²) in [5.41, 5.74) is 23.5. The number of hydrogen-bond acceptors (Lipinski definition) is 3. The molecule has 13 rings (SSSR count). The highest BCUT2D eigenvalue weighted by Gasteiger charge is 2.33. The van der Waals surface area contributed by atoms with Crippen LogP contribution in [0.5, 0.6) is 0 Å². The van der Waals surface area contributed by atoms with Gasteiger partial charge in [0.05, 0.1) is 17.1 Å². The van der Waals surface area contributed by atoms with E-state index in [1.54, 1.807) is 5.56 Å². The van der Waals surface area contributed by atoms with Crippen molar-refractivity contribution in [3.8, 4) is 101 Å². The topological polar surface area (TPSA) is 38.7 Å². The van der Waals surface area contributed by atoms with Gasteiger partial charge < -0.3 is 0 Å². The largest absolute Gasteiger partial charge is 0.256 e. The van der Waals surface area contributed by atoms with Crippen LogP contribution in [-0.2, 0) is 0 Å². The zero-order valence-electron chi connectivity index (χ0n) is 36.7. The summed E-state index contributed by atoms with van der Waals surface area (Å²) < 4.78 is 0. The van der Waals surface area contributed by atoms with Crippen LogP contribution >= 0.6 is 0 Å². The molecule has 7 aromatic carbocycles. The first kappa shape index (κ1) is 39.6. The van der Waals surface area contributed by atoms with Gasteiger partial charge in [-0.25, -0.2) is 0 Å². The lowest BCUT2D eigenvalue weighted by Gasteiger charge is -2.38. The summed E-state index contributed by atoms with van der Waals surface area (Å²) in [7, 11) is 0. The summed E-state index contributed by atoms with van der Waals surface area (Å²) in [6, 6.07) is 74.8. The van der Waals surface area contributed by atoms with Gasteiger partial charge in [0.2, 0.25) is 0 Å². The van der Waals surface area contributed by atoms with Gasteiger partial charge in [-0.2, -0.15) is 0 Å². The lowest BCUT2D eigenvalue weighted by Crippen LogP contribution is -2.21. The zero-order chi connectivity index (χ0) is 43.8. The van der Waals surface area contributed by atoms with Crippen molar-refractivity contribution in [3.63, 3.8) is 0 Å². The van der Waals surface area contributed by atoms with E-state index in [1.165, 1.54) is 75.8 Å². The second-order valence-electron chi connectivity index (χ2n) is 17.8. The summed E-state index contributed by atoms with van der Waals surface area (Å²) >= 11 is 0. The van der Waals surface area contributed by atoms with Crippen LogP contribution in [0.1, 0.15) is 48.6 Å². The van der Waals surface area contributed by atoms with Gasteiger partial charge in [-0.15, -0.1) is 0 Å². The number of nitrogens with zero attached hydrogens (tertiary/aromatic N) is 3. The quantitative estimate of drug-likeness (QED) is 0.145. The van der Waals surface area contributed by atoms with E-state index in [2.05, 4.69) is 198 Å².